The van der Waals surface area contributed by atoms with E-state index >= 15 is 0 Å². The van der Waals surface area contributed by atoms with E-state index in [9.17, 15) is 18.0 Å². The SMILES string of the molecule is Cc1cc(C)n(CC2CC2)c(=O)c1C(=O)N1CCN(S(=O)(=O)C(C)C)CC1. The molecule has 1 aliphatic heterocycles. The van der Waals surface area contributed by atoms with Crippen molar-refractivity contribution in [3.05, 3.63) is 33.2 Å². The van der Waals surface area contributed by atoms with Crippen LogP contribution in [0.4, 0.5) is 0 Å². The zero-order valence-electron chi connectivity index (χ0n) is 16.6. The van der Waals surface area contributed by atoms with Crippen LogP contribution in [0.25, 0.3) is 0 Å². The molecule has 1 aliphatic carbocycles. The van der Waals surface area contributed by atoms with Gasteiger partial charge in [-0.25, -0.2) is 8.42 Å². The number of nitrogens with zero attached hydrogens (tertiary/aromatic N) is 3. The smallest absolute Gasteiger partial charge is 0.263 e. The zero-order chi connectivity index (χ0) is 19.9. The van der Waals surface area contributed by atoms with Gasteiger partial charge in [0.2, 0.25) is 10.0 Å². The summed E-state index contributed by atoms with van der Waals surface area (Å²) < 4.78 is 27.8. The van der Waals surface area contributed by atoms with Crippen LogP contribution >= 0.6 is 0 Å². The van der Waals surface area contributed by atoms with E-state index in [1.807, 2.05) is 13.0 Å². The van der Waals surface area contributed by atoms with E-state index in [2.05, 4.69) is 0 Å². The first-order chi connectivity index (χ1) is 12.6. The number of carbonyl (C=O) groups is 1. The van der Waals surface area contributed by atoms with Gasteiger partial charge in [0.25, 0.3) is 11.5 Å². The van der Waals surface area contributed by atoms with E-state index in [0.29, 0.717) is 31.1 Å². The molecule has 7 nitrogen and oxygen atoms in total. The topological polar surface area (TPSA) is 79.7 Å². The Morgan fingerprint density at radius 1 is 1.15 bits per heavy atom. The summed E-state index contributed by atoms with van der Waals surface area (Å²) in [6.07, 6.45) is 2.27. The molecule has 2 heterocycles. The molecule has 150 valence electrons. The van der Waals surface area contributed by atoms with Crippen molar-refractivity contribution in [1.29, 1.82) is 0 Å². The van der Waals surface area contributed by atoms with Gasteiger partial charge >= 0.3 is 0 Å². The molecule has 1 aromatic heterocycles. The number of amides is 1. The van der Waals surface area contributed by atoms with Gasteiger partial charge in [-0.1, -0.05) is 0 Å². The van der Waals surface area contributed by atoms with Crippen molar-refractivity contribution < 1.29 is 13.2 Å². The fourth-order valence-corrected chi connectivity index (χ4v) is 4.84. The Labute approximate surface area is 161 Å². The fraction of sp³-hybridized carbons (Fsp3) is 0.684. The minimum Gasteiger partial charge on any atom is -0.336 e. The number of hydrogen-bond donors (Lipinski definition) is 0. The summed E-state index contributed by atoms with van der Waals surface area (Å²) in [4.78, 5) is 27.6. The molecule has 3 rings (SSSR count). The van der Waals surface area contributed by atoms with Crippen molar-refractivity contribution in [2.24, 2.45) is 5.92 Å². The van der Waals surface area contributed by atoms with Gasteiger partial charge in [-0.3, -0.25) is 9.59 Å². The van der Waals surface area contributed by atoms with Gasteiger partial charge in [-0.15, -0.1) is 0 Å². The van der Waals surface area contributed by atoms with Gasteiger partial charge < -0.3 is 9.47 Å². The standard InChI is InChI=1S/C19H29N3O4S/c1-13(2)27(25,26)21-9-7-20(8-10-21)18(23)17-14(3)11-15(4)22(19(17)24)12-16-5-6-16/h11,13,16H,5-10,12H2,1-4H3. The lowest BCUT2D eigenvalue weighted by Gasteiger charge is -2.35. The highest BCUT2D eigenvalue weighted by atomic mass is 32.2. The zero-order valence-corrected chi connectivity index (χ0v) is 17.4. The summed E-state index contributed by atoms with van der Waals surface area (Å²) in [5.74, 6) is 0.250. The van der Waals surface area contributed by atoms with Crippen molar-refractivity contribution in [1.82, 2.24) is 13.8 Å². The second-order valence-electron chi connectivity index (χ2n) is 7.99. The first-order valence-electron chi connectivity index (χ1n) is 9.62. The summed E-state index contributed by atoms with van der Waals surface area (Å²) in [7, 11) is -3.32. The molecule has 8 heteroatoms. The minimum absolute atomic E-state index is 0.221. The van der Waals surface area contributed by atoms with Crippen molar-refractivity contribution >= 4 is 15.9 Å². The van der Waals surface area contributed by atoms with Gasteiger partial charge in [0.15, 0.2) is 0 Å². The molecule has 0 spiro atoms. The molecule has 2 fully saturated rings. The van der Waals surface area contributed by atoms with Crippen LogP contribution < -0.4 is 5.56 Å². The molecule has 2 aliphatic rings. The van der Waals surface area contributed by atoms with Gasteiger partial charge in [0.1, 0.15) is 5.56 Å². The van der Waals surface area contributed by atoms with Crippen LogP contribution in [0.1, 0.15) is 48.3 Å². The van der Waals surface area contributed by atoms with Crippen molar-refractivity contribution in [3.8, 4) is 0 Å². The largest absolute Gasteiger partial charge is 0.336 e. The Morgan fingerprint density at radius 2 is 1.74 bits per heavy atom. The molecule has 1 aromatic rings. The van der Waals surface area contributed by atoms with Crippen LogP contribution in [-0.4, -0.2) is 59.5 Å². The summed E-state index contributed by atoms with van der Waals surface area (Å²) in [6, 6.07) is 1.90. The van der Waals surface area contributed by atoms with E-state index in [1.165, 1.54) is 4.31 Å². The highest BCUT2D eigenvalue weighted by Gasteiger charge is 2.33. The number of carbonyl (C=O) groups excluding carboxylic acids is 1. The lowest BCUT2D eigenvalue weighted by molar-refractivity contribution is 0.0694. The number of piperazine rings is 1. The number of pyridine rings is 1. The van der Waals surface area contributed by atoms with Crippen molar-refractivity contribution in [2.45, 2.75) is 52.3 Å². The molecule has 0 bridgehead atoms. The third-order valence-electron chi connectivity index (χ3n) is 5.54. The van der Waals surface area contributed by atoms with Crippen LogP contribution in [0, 0.1) is 19.8 Å². The maximum absolute atomic E-state index is 13.0. The van der Waals surface area contributed by atoms with Crippen LogP contribution in [0.3, 0.4) is 0 Å². The van der Waals surface area contributed by atoms with Crippen molar-refractivity contribution in [3.63, 3.8) is 0 Å². The van der Waals surface area contributed by atoms with Crippen LogP contribution in [-0.2, 0) is 16.6 Å². The van der Waals surface area contributed by atoms with E-state index in [0.717, 1.165) is 18.5 Å². The Hall–Kier alpha value is -1.67. The summed E-state index contributed by atoms with van der Waals surface area (Å²) in [5, 5.41) is -0.478. The van der Waals surface area contributed by atoms with Crippen LogP contribution in [0.15, 0.2) is 10.9 Å². The number of aryl methyl sites for hydroxylation is 2. The predicted molar refractivity (Wildman–Crippen MR) is 104 cm³/mol. The maximum atomic E-state index is 13.0. The average molecular weight is 396 g/mol. The average Bonchev–Trinajstić information content (AvgIpc) is 3.42. The van der Waals surface area contributed by atoms with Crippen LogP contribution in [0.5, 0.6) is 0 Å². The molecule has 1 saturated heterocycles. The molecule has 0 aromatic carbocycles. The first kappa shape index (κ1) is 20.1. The number of rotatable bonds is 5. The molecule has 1 amide bonds. The second kappa shape index (κ2) is 7.39. The summed E-state index contributed by atoms with van der Waals surface area (Å²) in [6.45, 7) is 8.84. The Bertz CT molecular complexity index is 892. The third kappa shape index (κ3) is 3.96. The first-order valence-corrected chi connectivity index (χ1v) is 11.1. The maximum Gasteiger partial charge on any atom is 0.263 e. The molecule has 1 saturated carbocycles. The second-order valence-corrected chi connectivity index (χ2v) is 10.5. The van der Waals surface area contributed by atoms with Gasteiger partial charge in [-0.05, 0) is 58.1 Å². The monoisotopic (exact) mass is 395 g/mol. The normalized spacial score (nSPS) is 18.9. The highest BCUT2D eigenvalue weighted by Crippen LogP contribution is 2.30. The third-order valence-corrected chi connectivity index (χ3v) is 7.81. The minimum atomic E-state index is -3.32. The Morgan fingerprint density at radius 3 is 2.26 bits per heavy atom. The van der Waals surface area contributed by atoms with E-state index in [1.54, 1.807) is 30.2 Å². The molecule has 27 heavy (non-hydrogen) atoms. The van der Waals surface area contributed by atoms with E-state index in [-0.39, 0.29) is 30.1 Å². The fourth-order valence-electron chi connectivity index (χ4n) is 3.57. The number of sulfonamides is 1. The van der Waals surface area contributed by atoms with Gasteiger partial charge in [0.05, 0.1) is 5.25 Å². The highest BCUT2D eigenvalue weighted by molar-refractivity contribution is 7.89. The molecular formula is C19H29N3O4S. The molecule has 0 unspecified atom stereocenters. The summed E-state index contributed by atoms with van der Waals surface area (Å²) >= 11 is 0. The van der Waals surface area contributed by atoms with Crippen LogP contribution in [0.2, 0.25) is 0 Å². The number of hydrogen-bond acceptors (Lipinski definition) is 4. The lowest BCUT2D eigenvalue weighted by Crippen LogP contribution is -2.52. The number of aromatic nitrogens is 1. The van der Waals surface area contributed by atoms with E-state index in [4.69, 9.17) is 0 Å². The van der Waals surface area contributed by atoms with Crippen molar-refractivity contribution in [2.75, 3.05) is 26.2 Å². The van der Waals surface area contributed by atoms with Gasteiger partial charge in [-0.2, -0.15) is 4.31 Å². The molecule has 0 atom stereocenters. The van der Waals surface area contributed by atoms with E-state index < -0.39 is 15.3 Å². The Kier molecular flexibility index (Phi) is 5.49. The molecule has 0 radical (unpaired) electrons. The lowest BCUT2D eigenvalue weighted by atomic mass is 10.1. The molecule has 0 N–H and O–H groups in total. The molecular weight excluding hydrogens is 366 g/mol. The summed E-state index contributed by atoms with van der Waals surface area (Å²) in [5.41, 5.74) is 1.57. The Balaban J connectivity index is 1.80. The van der Waals surface area contributed by atoms with Gasteiger partial charge in [0, 0.05) is 38.4 Å². The quantitative estimate of drug-likeness (QED) is 0.754. The predicted octanol–water partition coefficient (Wildman–Crippen LogP) is 1.37.